The molecule has 4 rings (SSSR count). The topological polar surface area (TPSA) is 75.2 Å². The van der Waals surface area contributed by atoms with Crippen LogP contribution in [0.4, 0.5) is 0 Å². The van der Waals surface area contributed by atoms with E-state index < -0.39 is 15.7 Å². The molecule has 1 aliphatic rings. The van der Waals surface area contributed by atoms with Crippen LogP contribution < -0.4 is 10.7 Å². The van der Waals surface area contributed by atoms with E-state index >= 15 is 0 Å². The van der Waals surface area contributed by atoms with Gasteiger partial charge in [-0.2, -0.15) is 4.31 Å². The van der Waals surface area contributed by atoms with Crippen LogP contribution in [0.1, 0.15) is 44.6 Å². The molecule has 0 radical (unpaired) electrons. The van der Waals surface area contributed by atoms with Gasteiger partial charge in [0.15, 0.2) is 5.66 Å². The molecule has 1 atom stereocenters. The van der Waals surface area contributed by atoms with Gasteiger partial charge in [0.1, 0.15) is 5.76 Å². The van der Waals surface area contributed by atoms with Gasteiger partial charge in [-0.05, 0) is 61.2 Å². The highest BCUT2D eigenvalue weighted by molar-refractivity contribution is 7.89. The number of para-hydroxylation sites is 2. The molecule has 2 heterocycles. The summed E-state index contributed by atoms with van der Waals surface area (Å²) < 4.78 is 33.7. The third-order valence-electron chi connectivity index (χ3n) is 5.75. The van der Waals surface area contributed by atoms with Gasteiger partial charge in [-0.1, -0.05) is 38.1 Å². The quantitative estimate of drug-likeness (QED) is 0.521. The molecule has 7 heteroatoms. The maximum absolute atomic E-state index is 13.4. The molecule has 0 bridgehead atoms. The molecule has 2 aromatic carbocycles. The summed E-state index contributed by atoms with van der Waals surface area (Å²) in [5.74, 6) is 0.965. The van der Waals surface area contributed by atoms with Crippen molar-refractivity contribution < 1.29 is 12.8 Å². The number of hydrogen-bond donors (Lipinski definition) is 0. The lowest BCUT2D eigenvalue weighted by Crippen LogP contribution is -2.32. The van der Waals surface area contributed by atoms with Crippen LogP contribution in [0.15, 0.2) is 86.2 Å². The number of hydrogen-bond acceptors (Lipinski definition) is 5. The number of rotatable bonds is 8. The molecule has 0 N–H and O–H groups in total. The fourth-order valence-corrected chi connectivity index (χ4v) is 5.48. The number of nitrogens with zero attached hydrogens (tertiary/aromatic N) is 3. The SMILES string of the molecule is CC(C)CC(c1ccco1)N(C)S(=O)(=O)c1ccc(CC2(C)N=c3ccccc3=N2)cc1. The smallest absolute Gasteiger partial charge is 0.243 e. The van der Waals surface area contributed by atoms with E-state index in [0.717, 1.165) is 16.3 Å². The van der Waals surface area contributed by atoms with E-state index in [2.05, 4.69) is 13.8 Å². The first-order valence-corrected chi connectivity index (χ1v) is 12.3. The van der Waals surface area contributed by atoms with Crippen molar-refractivity contribution >= 4 is 10.0 Å². The number of benzene rings is 2. The highest BCUT2D eigenvalue weighted by Gasteiger charge is 2.32. The minimum Gasteiger partial charge on any atom is -0.468 e. The lowest BCUT2D eigenvalue weighted by atomic mass is 10.0. The first-order valence-electron chi connectivity index (χ1n) is 10.8. The predicted octanol–water partition coefficient (Wildman–Crippen LogP) is 3.90. The molecule has 32 heavy (non-hydrogen) atoms. The molecule has 0 fully saturated rings. The lowest BCUT2D eigenvalue weighted by Gasteiger charge is -2.27. The van der Waals surface area contributed by atoms with E-state index in [1.807, 2.05) is 49.4 Å². The Kier molecular flexibility index (Phi) is 6.05. The molecule has 1 aromatic heterocycles. The Hall–Kier alpha value is -2.77. The van der Waals surface area contributed by atoms with Gasteiger partial charge in [-0.3, -0.25) is 9.98 Å². The van der Waals surface area contributed by atoms with Crippen LogP contribution >= 0.6 is 0 Å². The fraction of sp³-hybridized carbons (Fsp3) is 0.360. The number of fused-ring (bicyclic) bond motifs is 1. The summed E-state index contributed by atoms with van der Waals surface area (Å²) in [4.78, 5) is 9.77. The largest absolute Gasteiger partial charge is 0.468 e. The van der Waals surface area contributed by atoms with Crippen LogP contribution in [0.2, 0.25) is 0 Å². The molecular formula is C25H29N3O3S. The van der Waals surface area contributed by atoms with Crippen molar-refractivity contribution in [2.75, 3.05) is 7.05 Å². The predicted molar refractivity (Wildman–Crippen MR) is 123 cm³/mol. The molecule has 0 spiro atoms. The molecule has 3 aromatic rings. The van der Waals surface area contributed by atoms with Crippen LogP contribution in [0, 0.1) is 5.92 Å². The molecule has 1 aliphatic heterocycles. The Morgan fingerprint density at radius 3 is 2.12 bits per heavy atom. The Morgan fingerprint density at radius 1 is 0.969 bits per heavy atom. The van der Waals surface area contributed by atoms with Crippen LogP contribution in [-0.2, 0) is 16.4 Å². The summed E-state index contributed by atoms with van der Waals surface area (Å²) in [6.45, 7) is 6.14. The summed E-state index contributed by atoms with van der Waals surface area (Å²) in [6, 6.07) is 18.1. The van der Waals surface area contributed by atoms with E-state index in [1.165, 1.54) is 4.31 Å². The minimum atomic E-state index is -3.69. The Labute approximate surface area is 189 Å². The zero-order chi connectivity index (χ0) is 22.9. The number of sulfonamides is 1. The standard InChI is InChI=1S/C25H29N3O3S/c1-18(2)16-23(24-10-7-15-31-24)28(4)32(29,30)20-13-11-19(12-14-20)17-25(3)26-21-8-5-6-9-22(21)27-25/h5-15,18,23H,16-17H2,1-4H3. The van der Waals surface area contributed by atoms with Crippen LogP contribution in [0.25, 0.3) is 0 Å². The van der Waals surface area contributed by atoms with Crippen molar-refractivity contribution in [1.82, 2.24) is 4.31 Å². The Balaban J connectivity index is 1.56. The van der Waals surface area contributed by atoms with E-state index in [0.29, 0.717) is 24.5 Å². The van der Waals surface area contributed by atoms with E-state index in [9.17, 15) is 8.42 Å². The second-order valence-electron chi connectivity index (χ2n) is 8.93. The molecule has 0 amide bonds. The van der Waals surface area contributed by atoms with Gasteiger partial charge in [0.05, 0.1) is 27.9 Å². The van der Waals surface area contributed by atoms with Gasteiger partial charge < -0.3 is 4.42 Å². The highest BCUT2D eigenvalue weighted by atomic mass is 32.2. The maximum atomic E-state index is 13.4. The van der Waals surface area contributed by atoms with Crippen molar-refractivity contribution in [3.8, 4) is 0 Å². The van der Waals surface area contributed by atoms with Gasteiger partial charge in [0.2, 0.25) is 10.0 Å². The highest BCUT2D eigenvalue weighted by Crippen LogP contribution is 2.32. The van der Waals surface area contributed by atoms with Crippen molar-refractivity contribution in [3.05, 3.63) is 89.0 Å². The average Bonchev–Trinajstić information content (AvgIpc) is 3.38. The zero-order valence-corrected chi connectivity index (χ0v) is 19.7. The maximum Gasteiger partial charge on any atom is 0.243 e. The third-order valence-corrected chi connectivity index (χ3v) is 7.63. The van der Waals surface area contributed by atoms with Crippen LogP contribution in [0.3, 0.4) is 0 Å². The number of furan rings is 1. The van der Waals surface area contributed by atoms with E-state index in [-0.39, 0.29) is 10.9 Å². The Bertz CT molecular complexity index is 1260. The molecule has 6 nitrogen and oxygen atoms in total. The van der Waals surface area contributed by atoms with Gasteiger partial charge in [0, 0.05) is 13.5 Å². The van der Waals surface area contributed by atoms with E-state index in [4.69, 9.17) is 14.4 Å². The molecule has 0 aliphatic carbocycles. The molecule has 168 valence electrons. The fourth-order valence-electron chi connectivity index (χ4n) is 4.15. The summed E-state index contributed by atoms with van der Waals surface area (Å²) >= 11 is 0. The monoisotopic (exact) mass is 451 g/mol. The Morgan fingerprint density at radius 2 is 1.59 bits per heavy atom. The van der Waals surface area contributed by atoms with Gasteiger partial charge in [-0.25, -0.2) is 8.42 Å². The van der Waals surface area contributed by atoms with Gasteiger partial charge >= 0.3 is 0 Å². The first kappa shape index (κ1) is 22.4. The van der Waals surface area contributed by atoms with Crippen LogP contribution in [0.5, 0.6) is 0 Å². The van der Waals surface area contributed by atoms with Gasteiger partial charge in [0.25, 0.3) is 0 Å². The molecule has 1 unspecified atom stereocenters. The second-order valence-corrected chi connectivity index (χ2v) is 10.9. The second kappa shape index (κ2) is 8.64. The first-order chi connectivity index (χ1) is 15.2. The van der Waals surface area contributed by atoms with E-state index in [1.54, 1.807) is 31.5 Å². The summed E-state index contributed by atoms with van der Waals surface area (Å²) in [5, 5.41) is 1.79. The summed E-state index contributed by atoms with van der Waals surface area (Å²) in [7, 11) is -2.07. The van der Waals surface area contributed by atoms with Gasteiger partial charge in [-0.15, -0.1) is 0 Å². The van der Waals surface area contributed by atoms with Crippen LogP contribution in [-0.4, -0.2) is 25.4 Å². The van der Waals surface area contributed by atoms with Crippen molar-refractivity contribution in [2.45, 2.75) is 50.2 Å². The molecule has 0 saturated carbocycles. The summed E-state index contributed by atoms with van der Waals surface area (Å²) in [5.41, 5.74) is 0.405. The minimum absolute atomic E-state index is 0.262. The third kappa shape index (κ3) is 4.54. The molecular weight excluding hydrogens is 422 g/mol. The normalized spacial score (nSPS) is 15.9. The van der Waals surface area contributed by atoms with Crippen molar-refractivity contribution in [1.29, 1.82) is 0 Å². The average molecular weight is 452 g/mol. The van der Waals surface area contributed by atoms with Crippen molar-refractivity contribution in [2.24, 2.45) is 15.9 Å². The summed E-state index contributed by atoms with van der Waals surface area (Å²) in [6.07, 6.45) is 2.85. The van der Waals surface area contributed by atoms with Crippen molar-refractivity contribution in [3.63, 3.8) is 0 Å². The lowest BCUT2D eigenvalue weighted by molar-refractivity contribution is 0.280. The molecule has 0 saturated heterocycles. The zero-order valence-electron chi connectivity index (χ0n) is 18.9.